The van der Waals surface area contributed by atoms with Gasteiger partial charge in [-0.05, 0) is 42.8 Å². The molecule has 3 aromatic rings. The molecule has 1 heterocycles. The Morgan fingerprint density at radius 1 is 1.32 bits per heavy atom. The lowest BCUT2D eigenvalue weighted by Gasteiger charge is -2.09. The summed E-state index contributed by atoms with van der Waals surface area (Å²) in [5, 5.41) is 15.5. The van der Waals surface area contributed by atoms with Crippen LogP contribution in [0.5, 0.6) is 0 Å². The minimum absolute atomic E-state index is 0.0419. The van der Waals surface area contributed by atoms with Crippen molar-refractivity contribution < 1.29 is 9.18 Å². The van der Waals surface area contributed by atoms with Crippen molar-refractivity contribution in [3.8, 4) is 11.8 Å². The van der Waals surface area contributed by atoms with Crippen molar-refractivity contribution in [2.45, 2.75) is 13.5 Å². The average Bonchev–Trinajstić information content (AvgIpc) is 3.14. The highest BCUT2D eigenvalue weighted by Gasteiger charge is 2.10. The van der Waals surface area contributed by atoms with Crippen LogP contribution in [0.4, 0.5) is 4.39 Å². The Morgan fingerprint density at radius 3 is 2.80 bits per heavy atom. The lowest BCUT2D eigenvalue weighted by Crippen LogP contribution is -2.23. The highest BCUT2D eigenvalue weighted by molar-refractivity contribution is 5.94. The van der Waals surface area contributed by atoms with Gasteiger partial charge >= 0.3 is 0 Å². The molecule has 2 aromatic carbocycles. The molecule has 3 rings (SSSR count). The summed E-state index contributed by atoms with van der Waals surface area (Å²) in [6, 6.07) is 11.2. The minimum atomic E-state index is -0.517. The van der Waals surface area contributed by atoms with E-state index < -0.39 is 5.82 Å². The molecule has 124 valence electrons. The van der Waals surface area contributed by atoms with E-state index in [2.05, 4.69) is 15.4 Å². The van der Waals surface area contributed by atoms with Crippen molar-refractivity contribution >= 4 is 5.91 Å². The molecule has 25 heavy (non-hydrogen) atoms. The highest BCUT2D eigenvalue weighted by atomic mass is 19.1. The first-order valence-electron chi connectivity index (χ1n) is 7.51. The number of rotatable bonds is 4. The van der Waals surface area contributed by atoms with Crippen LogP contribution in [-0.4, -0.2) is 20.7 Å². The van der Waals surface area contributed by atoms with E-state index in [0.717, 1.165) is 17.3 Å². The minimum Gasteiger partial charge on any atom is -0.348 e. The van der Waals surface area contributed by atoms with Gasteiger partial charge in [-0.1, -0.05) is 6.07 Å². The van der Waals surface area contributed by atoms with Crippen molar-refractivity contribution in [3.05, 3.63) is 77.1 Å². The van der Waals surface area contributed by atoms with Crippen LogP contribution in [0, 0.1) is 24.1 Å². The summed E-state index contributed by atoms with van der Waals surface area (Å²) in [6.07, 6.45) is 3.02. The van der Waals surface area contributed by atoms with Gasteiger partial charge in [-0.25, -0.2) is 14.1 Å². The zero-order valence-corrected chi connectivity index (χ0v) is 13.4. The second-order valence-corrected chi connectivity index (χ2v) is 5.44. The maximum Gasteiger partial charge on any atom is 0.251 e. The van der Waals surface area contributed by atoms with Gasteiger partial charge in [-0.2, -0.15) is 10.4 Å². The molecule has 0 unspecified atom stereocenters. The topological polar surface area (TPSA) is 83.6 Å². The Hall–Kier alpha value is -3.53. The normalized spacial score (nSPS) is 10.3. The number of amides is 1. The predicted octanol–water partition coefficient (Wildman–Crippen LogP) is 2.52. The Labute approximate surface area is 143 Å². The fraction of sp³-hybridized carbons (Fsp3) is 0.111. The molecule has 0 fully saturated rings. The summed E-state index contributed by atoms with van der Waals surface area (Å²) in [5.74, 6) is -0.825. The number of hydrogen-bond donors (Lipinski definition) is 1. The average molecular weight is 335 g/mol. The van der Waals surface area contributed by atoms with Gasteiger partial charge in [0.2, 0.25) is 0 Å². The molecule has 1 amide bonds. The van der Waals surface area contributed by atoms with E-state index in [4.69, 9.17) is 5.26 Å². The number of carbonyl (C=O) groups excluding carboxylic acids is 1. The third kappa shape index (κ3) is 3.53. The maximum absolute atomic E-state index is 13.8. The maximum atomic E-state index is 13.8. The number of aryl methyl sites for hydroxylation is 1. The van der Waals surface area contributed by atoms with Crippen LogP contribution in [0.25, 0.3) is 5.69 Å². The van der Waals surface area contributed by atoms with Gasteiger partial charge in [0.25, 0.3) is 5.91 Å². The molecule has 0 saturated heterocycles. The van der Waals surface area contributed by atoms with Crippen molar-refractivity contribution in [3.63, 3.8) is 0 Å². The summed E-state index contributed by atoms with van der Waals surface area (Å²) in [6.45, 7) is 1.91. The van der Waals surface area contributed by atoms with Crippen molar-refractivity contribution in [1.29, 1.82) is 5.26 Å². The van der Waals surface area contributed by atoms with E-state index in [0.29, 0.717) is 11.1 Å². The van der Waals surface area contributed by atoms with E-state index in [1.807, 2.05) is 13.0 Å². The number of aromatic nitrogens is 3. The highest BCUT2D eigenvalue weighted by Crippen LogP contribution is 2.15. The molecule has 0 aliphatic heterocycles. The van der Waals surface area contributed by atoms with Gasteiger partial charge in [0.1, 0.15) is 18.5 Å². The molecule has 0 saturated carbocycles. The molecule has 0 atom stereocenters. The summed E-state index contributed by atoms with van der Waals surface area (Å²) < 4.78 is 15.5. The molecule has 0 bridgehead atoms. The number of halogens is 1. The Bertz CT molecular complexity index is 960. The molecule has 0 radical (unpaired) electrons. The van der Waals surface area contributed by atoms with E-state index in [-0.39, 0.29) is 18.0 Å². The SMILES string of the molecule is Cc1cc(C(=O)NCc2ccc(C#N)cc2F)ccc1-n1cncn1. The zero-order valence-electron chi connectivity index (χ0n) is 13.4. The van der Waals surface area contributed by atoms with Crippen LogP contribution >= 0.6 is 0 Å². The molecule has 0 aliphatic carbocycles. The lowest BCUT2D eigenvalue weighted by atomic mass is 10.1. The van der Waals surface area contributed by atoms with Gasteiger partial charge < -0.3 is 5.32 Å². The number of nitrogens with zero attached hydrogens (tertiary/aromatic N) is 4. The van der Waals surface area contributed by atoms with E-state index in [1.54, 1.807) is 29.2 Å². The largest absolute Gasteiger partial charge is 0.348 e. The quantitative estimate of drug-likeness (QED) is 0.794. The van der Waals surface area contributed by atoms with Gasteiger partial charge in [0, 0.05) is 17.7 Å². The Kier molecular flexibility index (Phi) is 4.53. The van der Waals surface area contributed by atoms with Crippen LogP contribution in [0.1, 0.15) is 27.0 Å². The summed E-state index contributed by atoms with van der Waals surface area (Å²) in [7, 11) is 0. The first-order chi connectivity index (χ1) is 12.1. The van der Waals surface area contributed by atoms with Crippen molar-refractivity contribution in [1.82, 2.24) is 20.1 Å². The first-order valence-corrected chi connectivity index (χ1v) is 7.51. The van der Waals surface area contributed by atoms with Gasteiger partial charge in [0.15, 0.2) is 0 Å². The summed E-state index contributed by atoms with van der Waals surface area (Å²) in [5.41, 5.74) is 2.72. The fourth-order valence-electron chi connectivity index (χ4n) is 2.42. The molecular weight excluding hydrogens is 321 g/mol. The monoisotopic (exact) mass is 335 g/mol. The number of nitrogens with one attached hydrogen (secondary N) is 1. The molecule has 0 spiro atoms. The Morgan fingerprint density at radius 2 is 2.16 bits per heavy atom. The van der Waals surface area contributed by atoms with Gasteiger partial charge in [-0.15, -0.1) is 0 Å². The molecular formula is C18H14FN5O. The first kappa shape index (κ1) is 16.3. The summed E-state index contributed by atoms with van der Waals surface area (Å²) in [4.78, 5) is 16.2. The van der Waals surface area contributed by atoms with Crippen LogP contribution in [0.2, 0.25) is 0 Å². The van der Waals surface area contributed by atoms with E-state index in [9.17, 15) is 9.18 Å². The van der Waals surface area contributed by atoms with Crippen LogP contribution in [-0.2, 0) is 6.54 Å². The second-order valence-electron chi connectivity index (χ2n) is 5.44. The third-order valence-corrected chi connectivity index (χ3v) is 3.75. The standard InChI is InChI=1S/C18H14FN5O/c1-12-6-14(4-5-17(12)24-11-21-10-23-24)18(25)22-9-15-3-2-13(8-20)7-16(15)19/h2-7,10-11H,9H2,1H3,(H,22,25). The molecule has 1 aromatic heterocycles. The smallest absolute Gasteiger partial charge is 0.251 e. The molecule has 7 heteroatoms. The summed E-state index contributed by atoms with van der Waals surface area (Å²) >= 11 is 0. The zero-order chi connectivity index (χ0) is 17.8. The lowest BCUT2D eigenvalue weighted by molar-refractivity contribution is 0.0950. The number of benzene rings is 2. The van der Waals surface area contributed by atoms with Gasteiger partial charge in [-0.3, -0.25) is 4.79 Å². The number of carbonyl (C=O) groups is 1. The van der Waals surface area contributed by atoms with E-state index in [1.165, 1.54) is 18.5 Å². The van der Waals surface area contributed by atoms with Crippen molar-refractivity contribution in [2.24, 2.45) is 0 Å². The second kappa shape index (κ2) is 6.93. The van der Waals surface area contributed by atoms with Gasteiger partial charge in [0.05, 0.1) is 17.3 Å². The van der Waals surface area contributed by atoms with Crippen LogP contribution in [0.3, 0.4) is 0 Å². The fourth-order valence-corrected chi connectivity index (χ4v) is 2.42. The van der Waals surface area contributed by atoms with E-state index >= 15 is 0 Å². The molecule has 1 N–H and O–H groups in total. The third-order valence-electron chi connectivity index (χ3n) is 3.75. The Balaban J connectivity index is 1.72. The molecule has 0 aliphatic rings. The van der Waals surface area contributed by atoms with Crippen molar-refractivity contribution in [2.75, 3.05) is 0 Å². The number of nitriles is 1. The van der Waals surface area contributed by atoms with Crippen LogP contribution in [0.15, 0.2) is 49.1 Å². The molecule has 6 nitrogen and oxygen atoms in total. The number of hydrogen-bond acceptors (Lipinski definition) is 4. The predicted molar refractivity (Wildman–Crippen MR) is 88.4 cm³/mol. The van der Waals surface area contributed by atoms with Crippen LogP contribution < -0.4 is 5.32 Å².